The topological polar surface area (TPSA) is 63.6 Å². The fourth-order valence-corrected chi connectivity index (χ4v) is 0.783. The number of aliphatic hydroxyl groups excluding tert-OH is 1. The molecule has 0 aromatic rings. The molecule has 0 bridgehead atoms. The minimum atomic E-state index is -1.14. The van der Waals surface area contributed by atoms with E-state index in [1.54, 1.807) is 0 Å². The highest BCUT2D eigenvalue weighted by atomic mass is 16.5. The van der Waals surface area contributed by atoms with E-state index in [2.05, 4.69) is 4.74 Å². The van der Waals surface area contributed by atoms with E-state index in [4.69, 9.17) is 5.11 Å². The van der Waals surface area contributed by atoms with Crippen LogP contribution < -0.4 is 0 Å². The zero-order valence-corrected chi connectivity index (χ0v) is 7.59. The summed E-state index contributed by atoms with van der Waals surface area (Å²) < 4.78 is 4.44. The molecule has 0 aliphatic heterocycles. The largest absolute Gasteiger partial charge is 0.468 e. The van der Waals surface area contributed by atoms with Crippen molar-refractivity contribution in [1.29, 1.82) is 0 Å². The van der Waals surface area contributed by atoms with E-state index >= 15 is 0 Å². The molecule has 0 heterocycles. The zero-order chi connectivity index (χ0) is 9.78. The fraction of sp³-hybridized carbons (Fsp3) is 0.750. The predicted octanol–water partition coefficient (Wildman–Crippen LogP) is 0.137. The van der Waals surface area contributed by atoms with Gasteiger partial charge in [0.05, 0.1) is 7.11 Å². The molecule has 0 spiro atoms. The van der Waals surface area contributed by atoms with Gasteiger partial charge in [-0.1, -0.05) is 0 Å². The highest BCUT2D eigenvalue weighted by molar-refractivity contribution is 6.02. The van der Waals surface area contributed by atoms with Crippen LogP contribution in [0.3, 0.4) is 0 Å². The Morgan fingerprint density at radius 2 is 1.92 bits per heavy atom. The Morgan fingerprint density at radius 3 is 2.25 bits per heavy atom. The lowest BCUT2D eigenvalue weighted by Crippen LogP contribution is -2.34. The first-order valence-corrected chi connectivity index (χ1v) is 3.69. The molecule has 0 unspecified atom stereocenters. The lowest BCUT2D eigenvalue weighted by molar-refractivity contribution is -0.155. The van der Waals surface area contributed by atoms with Crippen LogP contribution >= 0.6 is 0 Å². The standard InChI is InChI=1S/C8H14O4/c1-8(2,7(11)12-3)6(10)4-5-9/h9H,4-5H2,1-3H3. The van der Waals surface area contributed by atoms with Gasteiger partial charge in [-0.05, 0) is 13.8 Å². The summed E-state index contributed by atoms with van der Waals surface area (Å²) in [7, 11) is 1.23. The molecular weight excluding hydrogens is 160 g/mol. The van der Waals surface area contributed by atoms with Crippen molar-refractivity contribution in [1.82, 2.24) is 0 Å². The first-order chi connectivity index (χ1) is 5.46. The van der Waals surface area contributed by atoms with E-state index in [-0.39, 0.29) is 18.8 Å². The lowest BCUT2D eigenvalue weighted by atomic mass is 9.87. The van der Waals surface area contributed by atoms with E-state index in [0.29, 0.717) is 0 Å². The first-order valence-electron chi connectivity index (χ1n) is 3.69. The zero-order valence-electron chi connectivity index (χ0n) is 7.59. The fourth-order valence-electron chi connectivity index (χ4n) is 0.783. The minimum Gasteiger partial charge on any atom is -0.468 e. The van der Waals surface area contributed by atoms with Crippen LogP contribution in [0.4, 0.5) is 0 Å². The van der Waals surface area contributed by atoms with Gasteiger partial charge in [-0.15, -0.1) is 0 Å². The summed E-state index contributed by atoms with van der Waals surface area (Å²) in [6.07, 6.45) is -0.0118. The number of rotatable bonds is 4. The molecular formula is C8H14O4. The van der Waals surface area contributed by atoms with E-state index in [1.165, 1.54) is 21.0 Å². The number of carbonyl (C=O) groups is 2. The van der Waals surface area contributed by atoms with Gasteiger partial charge in [-0.25, -0.2) is 0 Å². The number of hydrogen-bond donors (Lipinski definition) is 1. The molecule has 1 N–H and O–H groups in total. The summed E-state index contributed by atoms with van der Waals surface area (Å²) in [5, 5.41) is 8.48. The Bertz CT molecular complexity index is 183. The maximum absolute atomic E-state index is 11.2. The number of ketones is 1. The summed E-state index contributed by atoms with van der Waals surface area (Å²) in [5.74, 6) is -0.877. The molecule has 4 nitrogen and oxygen atoms in total. The Balaban J connectivity index is 4.38. The molecule has 0 aromatic heterocycles. The second-order valence-electron chi connectivity index (χ2n) is 3.01. The van der Waals surface area contributed by atoms with Crippen molar-refractivity contribution in [2.45, 2.75) is 20.3 Å². The number of methoxy groups -OCH3 is 1. The number of Topliss-reactive ketones (excluding diaryl/α,β-unsaturated/α-hetero) is 1. The second kappa shape index (κ2) is 4.21. The van der Waals surface area contributed by atoms with Gasteiger partial charge in [-0.3, -0.25) is 9.59 Å². The number of esters is 1. The molecule has 0 radical (unpaired) electrons. The lowest BCUT2D eigenvalue weighted by Gasteiger charge is -2.18. The summed E-state index contributed by atoms with van der Waals surface area (Å²) in [6, 6.07) is 0. The van der Waals surface area contributed by atoms with E-state index < -0.39 is 11.4 Å². The minimum absolute atomic E-state index is 0.0118. The van der Waals surface area contributed by atoms with E-state index in [9.17, 15) is 9.59 Å². The summed E-state index contributed by atoms with van der Waals surface area (Å²) >= 11 is 0. The Hall–Kier alpha value is -0.900. The second-order valence-corrected chi connectivity index (χ2v) is 3.01. The monoisotopic (exact) mass is 174 g/mol. The van der Waals surface area contributed by atoms with Crippen LogP contribution in [-0.4, -0.2) is 30.6 Å². The van der Waals surface area contributed by atoms with Gasteiger partial charge in [0.1, 0.15) is 5.41 Å². The van der Waals surface area contributed by atoms with Gasteiger partial charge in [0.2, 0.25) is 0 Å². The van der Waals surface area contributed by atoms with Crippen molar-refractivity contribution in [3.05, 3.63) is 0 Å². The molecule has 0 rings (SSSR count). The van der Waals surface area contributed by atoms with Crippen LogP contribution in [0.1, 0.15) is 20.3 Å². The summed E-state index contributed by atoms with van der Waals surface area (Å²) in [5.41, 5.74) is -1.14. The van der Waals surface area contributed by atoms with Crippen molar-refractivity contribution in [3.8, 4) is 0 Å². The van der Waals surface area contributed by atoms with Crippen LogP contribution in [0.2, 0.25) is 0 Å². The van der Waals surface area contributed by atoms with E-state index in [0.717, 1.165) is 0 Å². The van der Waals surface area contributed by atoms with Crippen molar-refractivity contribution >= 4 is 11.8 Å². The van der Waals surface area contributed by atoms with Gasteiger partial charge >= 0.3 is 5.97 Å². The number of aliphatic hydroxyl groups is 1. The number of hydrogen-bond acceptors (Lipinski definition) is 4. The molecule has 0 aromatic carbocycles. The quantitative estimate of drug-likeness (QED) is 0.486. The Kier molecular flexibility index (Phi) is 3.89. The third kappa shape index (κ3) is 2.30. The molecule has 0 aliphatic rings. The maximum atomic E-state index is 11.2. The number of carbonyl (C=O) groups excluding carboxylic acids is 2. The third-order valence-corrected chi connectivity index (χ3v) is 1.73. The van der Waals surface area contributed by atoms with Crippen LogP contribution in [0, 0.1) is 5.41 Å². The molecule has 0 fully saturated rings. The SMILES string of the molecule is COC(=O)C(C)(C)C(=O)CCO. The molecule has 0 amide bonds. The Labute approximate surface area is 71.5 Å². The first kappa shape index (κ1) is 11.1. The molecule has 0 aliphatic carbocycles. The van der Waals surface area contributed by atoms with Gasteiger partial charge in [0.15, 0.2) is 5.78 Å². The molecule has 70 valence electrons. The van der Waals surface area contributed by atoms with Crippen LogP contribution in [0.25, 0.3) is 0 Å². The van der Waals surface area contributed by atoms with Gasteiger partial charge in [0, 0.05) is 13.0 Å². The van der Waals surface area contributed by atoms with Crippen molar-refractivity contribution < 1.29 is 19.4 Å². The Morgan fingerprint density at radius 1 is 1.42 bits per heavy atom. The molecule has 12 heavy (non-hydrogen) atoms. The van der Waals surface area contributed by atoms with Gasteiger partial charge in [0.25, 0.3) is 0 Å². The van der Waals surface area contributed by atoms with Crippen LogP contribution in [-0.2, 0) is 14.3 Å². The molecule has 4 heteroatoms. The average molecular weight is 174 g/mol. The molecule has 0 atom stereocenters. The van der Waals surface area contributed by atoms with Crippen LogP contribution in [0.15, 0.2) is 0 Å². The molecule has 0 saturated carbocycles. The van der Waals surface area contributed by atoms with Gasteiger partial charge in [-0.2, -0.15) is 0 Å². The van der Waals surface area contributed by atoms with E-state index in [1.807, 2.05) is 0 Å². The summed E-state index contributed by atoms with van der Waals surface area (Å²) in [4.78, 5) is 22.2. The highest BCUT2D eigenvalue weighted by Crippen LogP contribution is 2.19. The predicted molar refractivity (Wildman–Crippen MR) is 42.5 cm³/mol. The van der Waals surface area contributed by atoms with Crippen molar-refractivity contribution in [2.24, 2.45) is 5.41 Å². The average Bonchev–Trinajstić information content (AvgIpc) is 2.03. The van der Waals surface area contributed by atoms with Gasteiger partial charge < -0.3 is 9.84 Å². The number of ether oxygens (including phenoxy) is 1. The van der Waals surface area contributed by atoms with Crippen molar-refractivity contribution in [3.63, 3.8) is 0 Å². The highest BCUT2D eigenvalue weighted by Gasteiger charge is 2.35. The molecule has 0 saturated heterocycles. The third-order valence-electron chi connectivity index (χ3n) is 1.73. The smallest absolute Gasteiger partial charge is 0.318 e. The van der Waals surface area contributed by atoms with Crippen LogP contribution in [0.5, 0.6) is 0 Å². The van der Waals surface area contributed by atoms with Crippen molar-refractivity contribution in [2.75, 3.05) is 13.7 Å². The summed E-state index contributed by atoms with van der Waals surface area (Å²) in [6.45, 7) is 2.73. The normalized spacial score (nSPS) is 11.0. The maximum Gasteiger partial charge on any atom is 0.318 e.